The van der Waals surface area contributed by atoms with E-state index in [0.29, 0.717) is 25.4 Å². The average Bonchev–Trinajstić information content (AvgIpc) is 4.10. The first-order valence-electron chi connectivity index (χ1n) is 26.2. The zero-order valence-electron chi connectivity index (χ0n) is 40.3. The number of ether oxygens (including phenoxy) is 2. The molecular formula is C52H102N2O5. The number of unbranched alkanes of at least 4 members (excludes halogenated alkanes) is 21. The quantitative estimate of drug-likeness (QED) is 0.0374. The molecule has 0 aromatic carbocycles. The molecule has 1 amide bonds. The molecule has 0 aromatic heterocycles. The number of amides is 1. The van der Waals surface area contributed by atoms with Crippen molar-refractivity contribution in [3.05, 3.63) is 0 Å². The summed E-state index contributed by atoms with van der Waals surface area (Å²) >= 11 is 0. The van der Waals surface area contributed by atoms with E-state index >= 15 is 0 Å². The first kappa shape index (κ1) is 57.4. The van der Waals surface area contributed by atoms with Crippen LogP contribution in [0.4, 0.5) is 0 Å². The van der Waals surface area contributed by atoms with Gasteiger partial charge >= 0.3 is 5.97 Å². The van der Waals surface area contributed by atoms with Crippen molar-refractivity contribution >= 4 is 18.3 Å². The predicted molar refractivity (Wildman–Crippen MR) is 253 cm³/mol. The Balaban J connectivity index is 0.00000203. The maximum Gasteiger partial charge on any atom is 0.306 e. The Labute approximate surface area is 367 Å². The summed E-state index contributed by atoms with van der Waals surface area (Å²) in [4.78, 5) is 37.3. The largest absolute Gasteiger partial charge is 0.468 e. The third-order valence-electron chi connectivity index (χ3n) is 12.3. The van der Waals surface area contributed by atoms with Gasteiger partial charge in [0.1, 0.15) is 6.10 Å². The summed E-state index contributed by atoms with van der Waals surface area (Å²) in [5.41, 5.74) is 0. The summed E-state index contributed by atoms with van der Waals surface area (Å²) in [7, 11) is 0. The Morgan fingerprint density at radius 3 is 1.46 bits per heavy atom. The smallest absolute Gasteiger partial charge is 0.306 e. The summed E-state index contributed by atoms with van der Waals surface area (Å²) in [5.74, 6) is 1.38. The Hall–Kier alpha value is -1.63. The van der Waals surface area contributed by atoms with Crippen molar-refractivity contribution in [3.8, 4) is 0 Å². The van der Waals surface area contributed by atoms with Crippen LogP contribution >= 0.6 is 0 Å². The molecule has 0 saturated heterocycles. The van der Waals surface area contributed by atoms with Gasteiger partial charge in [-0.05, 0) is 96.2 Å². The van der Waals surface area contributed by atoms with Crippen LogP contribution in [0.1, 0.15) is 266 Å². The molecule has 59 heavy (non-hydrogen) atoms. The summed E-state index contributed by atoms with van der Waals surface area (Å²) in [6.07, 6.45) is 44.1. The lowest BCUT2D eigenvalue weighted by Crippen LogP contribution is -2.32. The van der Waals surface area contributed by atoms with Crippen LogP contribution < -0.4 is 5.32 Å². The van der Waals surface area contributed by atoms with E-state index in [2.05, 4.69) is 44.8 Å². The number of carbonyl (C=O) groups excluding carboxylic acids is 3. The highest BCUT2D eigenvalue weighted by atomic mass is 16.5. The van der Waals surface area contributed by atoms with Gasteiger partial charge < -0.3 is 19.7 Å². The molecule has 0 atom stereocenters. The molecule has 0 spiro atoms. The molecule has 1 aliphatic carbocycles. The second-order valence-electron chi connectivity index (χ2n) is 18.2. The minimum Gasteiger partial charge on any atom is -0.468 e. The van der Waals surface area contributed by atoms with Gasteiger partial charge in [-0.3, -0.25) is 14.4 Å². The first-order valence-corrected chi connectivity index (χ1v) is 26.2. The SMILES string of the molecule is CCCCC(CCCC)CCOC=O.CCCCCCCCC(CCCCCCCC)OC(=O)CCCCCCCN(CCCCCCCC)CCCNC(=O)C1CC1. The molecule has 1 fully saturated rings. The highest BCUT2D eigenvalue weighted by Crippen LogP contribution is 2.28. The standard InChI is InChI=1S/C40H78N2O3.C12H24O2/c1-4-7-10-13-17-22-28-38(29-23-18-14-11-8-5-2)45-39(43)30-24-19-16-21-26-35-42(34-25-20-15-12-9-6-3)36-27-33-41-40(44)37-31-32-37;1-3-5-7-12(8-6-4-2)9-10-14-11-13/h37-38H,4-36H2,1-3H3,(H,41,44);11-12H,3-10H2,1-2H3. The molecule has 350 valence electrons. The summed E-state index contributed by atoms with van der Waals surface area (Å²) < 4.78 is 10.8. The van der Waals surface area contributed by atoms with E-state index < -0.39 is 0 Å². The molecule has 0 heterocycles. The van der Waals surface area contributed by atoms with Crippen molar-refractivity contribution in [2.24, 2.45) is 11.8 Å². The van der Waals surface area contributed by atoms with Gasteiger partial charge in [-0.25, -0.2) is 0 Å². The van der Waals surface area contributed by atoms with E-state index in [1.54, 1.807) is 0 Å². The van der Waals surface area contributed by atoms with E-state index in [0.717, 1.165) is 76.9 Å². The van der Waals surface area contributed by atoms with Crippen molar-refractivity contribution in [3.63, 3.8) is 0 Å². The molecule has 0 aliphatic heterocycles. The summed E-state index contributed by atoms with van der Waals surface area (Å²) in [6.45, 7) is 16.7. The molecule has 7 heteroatoms. The fourth-order valence-electron chi connectivity index (χ4n) is 8.10. The topological polar surface area (TPSA) is 84.9 Å². The number of nitrogens with one attached hydrogen (secondary N) is 1. The lowest BCUT2D eigenvalue weighted by atomic mass is 9.93. The van der Waals surface area contributed by atoms with Crippen molar-refractivity contribution in [2.75, 3.05) is 32.8 Å². The van der Waals surface area contributed by atoms with Gasteiger partial charge in [0, 0.05) is 18.9 Å². The van der Waals surface area contributed by atoms with Gasteiger partial charge in [-0.2, -0.15) is 0 Å². The molecule has 1 aliphatic rings. The van der Waals surface area contributed by atoms with Crippen LogP contribution in [-0.2, 0) is 23.9 Å². The molecule has 1 saturated carbocycles. The van der Waals surface area contributed by atoms with Gasteiger partial charge in [0.25, 0.3) is 6.47 Å². The number of carbonyl (C=O) groups is 3. The minimum atomic E-state index is 0.0378. The minimum absolute atomic E-state index is 0.0378. The second kappa shape index (κ2) is 45.9. The number of esters is 1. The highest BCUT2D eigenvalue weighted by molar-refractivity contribution is 5.80. The Kier molecular flexibility index (Phi) is 44.6. The Morgan fingerprint density at radius 2 is 0.983 bits per heavy atom. The summed E-state index contributed by atoms with van der Waals surface area (Å²) in [6, 6.07) is 0. The van der Waals surface area contributed by atoms with Gasteiger partial charge in [-0.15, -0.1) is 0 Å². The van der Waals surface area contributed by atoms with Crippen molar-refractivity contribution in [1.82, 2.24) is 10.2 Å². The van der Waals surface area contributed by atoms with Crippen LogP contribution in [0, 0.1) is 11.8 Å². The fraction of sp³-hybridized carbons (Fsp3) is 0.942. The van der Waals surface area contributed by atoms with Gasteiger partial charge in [-0.1, -0.05) is 189 Å². The molecule has 7 nitrogen and oxygen atoms in total. The van der Waals surface area contributed by atoms with Crippen molar-refractivity contribution in [1.29, 1.82) is 0 Å². The van der Waals surface area contributed by atoms with E-state index in [-0.39, 0.29) is 18.0 Å². The van der Waals surface area contributed by atoms with E-state index in [4.69, 9.17) is 9.47 Å². The molecule has 0 radical (unpaired) electrons. The number of nitrogens with zero attached hydrogens (tertiary/aromatic N) is 1. The van der Waals surface area contributed by atoms with Gasteiger partial charge in [0.2, 0.25) is 5.91 Å². The lowest BCUT2D eigenvalue weighted by molar-refractivity contribution is -0.150. The van der Waals surface area contributed by atoms with Gasteiger partial charge in [0.15, 0.2) is 0 Å². The molecule has 0 aromatic rings. The normalized spacial score (nSPS) is 12.5. The van der Waals surface area contributed by atoms with Crippen LogP contribution in [0.15, 0.2) is 0 Å². The van der Waals surface area contributed by atoms with E-state index in [1.165, 1.54) is 180 Å². The number of hydrogen-bond donors (Lipinski definition) is 1. The maximum absolute atomic E-state index is 12.7. The molecule has 0 unspecified atom stereocenters. The third kappa shape index (κ3) is 41.5. The lowest BCUT2D eigenvalue weighted by Gasteiger charge is -2.22. The monoisotopic (exact) mass is 835 g/mol. The highest BCUT2D eigenvalue weighted by Gasteiger charge is 2.29. The van der Waals surface area contributed by atoms with Crippen molar-refractivity contribution in [2.45, 2.75) is 272 Å². The van der Waals surface area contributed by atoms with Crippen LogP contribution in [0.3, 0.4) is 0 Å². The first-order chi connectivity index (χ1) is 28.9. The Morgan fingerprint density at radius 1 is 0.542 bits per heavy atom. The number of hydrogen-bond acceptors (Lipinski definition) is 6. The van der Waals surface area contributed by atoms with E-state index in [1.807, 2.05) is 0 Å². The number of rotatable bonds is 45. The fourth-order valence-corrected chi connectivity index (χ4v) is 8.10. The third-order valence-corrected chi connectivity index (χ3v) is 12.3. The van der Waals surface area contributed by atoms with Gasteiger partial charge in [0.05, 0.1) is 6.61 Å². The molecule has 1 rings (SSSR count). The summed E-state index contributed by atoms with van der Waals surface area (Å²) in [5, 5.41) is 3.14. The zero-order chi connectivity index (χ0) is 43.3. The molecule has 1 N–H and O–H groups in total. The second-order valence-corrected chi connectivity index (χ2v) is 18.2. The van der Waals surface area contributed by atoms with Crippen LogP contribution in [-0.4, -0.2) is 62.1 Å². The Bertz CT molecular complexity index is 872. The van der Waals surface area contributed by atoms with Crippen LogP contribution in [0.5, 0.6) is 0 Å². The molecular weight excluding hydrogens is 733 g/mol. The van der Waals surface area contributed by atoms with Crippen LogP contribution in [0.25, 0.3) is 0 Å². The van der Waals surface area contributed by atoms with Crippen molar-refractivity contribution < 1.29 is 23.9 Å². The average molecular weight is 835 g/mol. The zero-order valence-corrected chi connectivity index (χ0v) is 40.3. The van der Waals surface area contributed by atoms with Crippen LogP contribution in [0.2, 0.25) is 0 Å². The predicted octanol–water partition coefficient (Wildman–Crippen LogP) is 14.9. The maximum atomic E-state index is 12.7. The van der Waals surface area contributed by atoms with E-state index in [9.17, 15) is 14.4 Å². The molecule has 0 bridgehead atoms.